The summed E-state index contributed by atoms with van der Waals surface area (Å²) >= 11 is 0. The second kappa shape index (κ2) is 5.45. The molecule has 0 amide bonds. The Hall–Kier alpha value is -0.880. The Morgan fingerprint density at radius 1 is 1.38 bits per heavy atom. The average molecular weight is 247 g/mol. The number of carboxylic acid groups (broad SMARTS) is 1. The Morgan fingerprint density at radius 2 is 2.06 bits per heavy atom. The molecule has 0 radical (unpaired) electrons. The fourth-order valence-electron chi connectivity index (χ4n) is 1.53. The molecule has 1 fully saturated rings. The van der Waals surface area contributed by atoms with Crippen LogP contribution in [0.3, 0.4) is 0 Å². The maximum atomic E-state index is 11.3. The van der Waals surface area contributed by atoms with E-state index in [9.17, 15) is 13.2 Å². The van der Waals surface area contributed by atoms with Gasteiger partial charge < -0.3 is 5.11 Å². The summed E-state index contributed by atoms with van der Waals surface area (Å²) in [6.07, 6.45) is 2.25. The van der Waals surface area contributed by atoms with Crippen molar-refractivity contribution in [2.45, 2.75) is 13.3 Å². The summed E-state index contributed by atoms with van der Waals surface area (Å²) in [4.78, 5) is 12.5. The average Bonchev–Trinajstić information content (AvgIpc) is 2.36. The lowest BCUT2D eigenvalue weighted by molar-refractivity contribution is -0.132. The van der Waals surface area contributed by atoms with Crippen molar-refractivity contribution in [1.29, 1.82) is 0 Å². The monoisotopic (exact) mass is 247 g/mol. The molecule has 5 nitrogen and oxygen atoms in total. The molecular weight excluding hydrogens is 230 g/mol. The number of hydrogen-bond donors (Lipinski definition) is 1. The van der Waals surface area contributed by atoms with Gasteiger partial charge in [0, 0.05) is 18.7 Å². The van der Waals surface area contributed by atoms with E-state index in [4.69, 9.17) is 5.11 Å². The van der Waals surface area contributed by atoms with Gasteiger partial charge in [-0.3, -0.25) is 4.90 Å². The number of carboxylic acids is 1. The van der Waals surface area contributed by atoms with Gasteiger partial charge in [-0.2, -0.15) is 0 Å². The van der Waals surface area contributed by atoms with Crippen molar-refractivity contribution in [1.82, 2.24) is 4.90 Å². The predicted octanol–water partition coefficient (Wildman–Crippen LogP) is 0.138. The molecule has 0 atom stereocenters. The molecule has 0 bridgehead atoms. The molecule has 1 saturated heterocycles. The lowest BCUT2D eigenvalue weighted by atomic mass is 10.2. The molecule has 0 spiro atoms. The van der Waals surface area contributed by atoms with Crippen molar-refractivity contribution in [3.63, 3.8) is 0 Å². The largest absolute Gasteiger partial charge is 0.478 e. The SMILES string of the molecule is CC(=CCN1CCCS(=O)(=O)CC1)C(=O)O. The lowest BCUT2D eigenvalue weighted by Crippen LogP contribution is -2.27. The van der Waals surface area contributed by atoms with E-state index in [0.29, 0.717) is 31.6 Å². The van der Waals surface area contributed by atoms with Crippen LogP contribution in [0.15, 0.2) is 11.6 Å². The van der Waals surface area contributed by atoms with Gasteiger partial charge in [0.2, 0.25) is 0 Å². The second-order valence-electron chi connectivity index (χ2n) is 4.00. The van der Waals surface area contributed by atoms with Crippen LogP contribution in [-0.2, 0) is 14.6 Å². The predicted molar refractivity (Wildman–Crippen MR) is 61.1 cm³/mol. The first-order valence-corrected chi connectivity index (χ1v) is 7.06. The zero-order valence-corrected chi connectivity index (χ0v) is 10.2. The van der Waals surface area contributed by atoms with E-state index in [1.165, 1.54) is 6.92 Å². The van der Waals surface area contributed by atoms with Crippen molar-refractivity contribution < 1.29 is 18.3 Å². The van der Waals surface area contributed by atoms with Crippen LogP contribution in [0.1, 0.15) is 13.3 Å². The zero-order chi connectivity index (χ0) is 12.2. The van der Waals surface area contributed by atoms with Gasteiger partial charge in [-0.15, -0.1) is 0 Å². The van der Waals surface area contributed by atoms with Gasteiger partial charge in [0.1, 0.15) is 0 Å². The van der Waals surface area contributed by atoms with Crippen molar-refractivity contribution in [3.05, 3.63) is 11.6 Å². The molecule has 16 heavy (non-hydrogen) atoms. The number of sulfone groups is 1. The first-order valence-electron chi connectivity index (χ1n) is 5.23. The molecule has 1 aliphatic rings. The molecule has 0 aliphatic carbocycles. The van der Waals surface area contributed by atoms with Gasteiger partial charge in [-0.25, -0.2) is 13.2 Å². The van der Waals surface area contributed by atoms with E-state index in [-0.39, 0.29) is 11.5 Å². The van der Waals surface area contributed by atoms with Crippen LogP contribution >= 0.6 is 0 Å². The van der Waals surface area contributed by atoms with Crippen molar-refractivity contribution >= 4 is 15.8 Å². The summed E-state index contributed by atoms with van der Waals surface area (Å²) in [5, 5.41) is 8.67. The molecule has 6 heteroatoms. The van der Waals surface area contributed by atoms with Crippen LogP contribution in [0.4, 0.5) is 0 Å². The van der Waals surface area contributed by atoms with Crippen LogP contribution in [0.5, 0.6) is 0 Å². The Balaban J connectivity index is 2.51. The maximum absolute atomic E-state index is 11.3. The quantitative estimate of drug-likeness (QED) is 0.718. The molecule has 1 heterocycles. The number of rotatable bonds is 3. The minimum Gasteiger partial charge on any atom is -0.478 e. The molecule has 1 N–H and O–H groups in total. The van der Waals surface area contributed by atoms with Gasteiger partial charge in [0.15, 0.2) is 9.84 Å². The molecule has 1 rings (SSSR count). The fraction of sp³-hybridized carbons (Fsp3) is 0.700. The number of aliphatic carboxylic acids is 1. The molecule has 92 valence electrons. The molecule has 1 aliphatic heterocycles. The highest BCUT2D eigenvalue weighted by Gasteiger charge is 2.18. The Labute approximate surface area is 95.7 Å². The summed E-state index contributed by atoms with van der Waals surface area (Å²) in [7, 11) is -2.89. The van der Waals surface area contributed by atoms with Crippen molar-refractivity contribution in [2.24, 2.45) is 0 Å². The summed E-state index contributed by atoms with van der Waals surface area (Å²) in [6, 6.07) is 0. The van der Waals surface area contributed by atoms with Crippen LogP contribution in [0, 0.1) is 0 Å². The first-order chi connectivity index (χ1) is 7.41. The lowest BCUT2D eigenvalue weighted by Gasteiger charge is -2.16. The summed E-state index contributed by atoms with van der Waals surface area (Å²) in [5.41, 5.74) is 0.298. The third-order valence-corrected chi connectivity index (χ3v) is 4.36. The first kappa shape index (κ1) is 13.2. The van der Waals surface area contributed by atoms with Gasteiger partial charge in [-0.05, 0) is 19.9 Å². The van der Waals surface area contributed by atoms with Crippen LogP contribution in [-0.4, -0.2) is 55.5 Å². The topological polar surface area (TPSA) is 74.7 Å². The Bertz CT molecular complexity index is 386. The minimum absolute atomic E-state index is 0.174. The minimum atomic E-state index is -2.89. The number of carbonyl (C=O) groups is 1. The van der Waals surface area contributed by atoms with Gasteiger partial charge in [0.05, 0.1) is 11.5 Å². The summed E-state index contributed by atoms with van der Waals surface area (Å²) < 4.78 is 22.7. The number of hydrogen-bond acceptors (Lipinski definition) is 4. The highest BCUT2D eigenvalue weighted by molar-refractivity contribution is 7.91. The van der Waals surface area contributed by atoms with Gasteiger partial charge >= 0.3 is 5.97 Å². The van der Waals surface area contributed by atoms with E-state index in [2.05, 4.69) is 0 Å². The summed E-state index contributed by atoms with van der Waals surface area (Å²) in [5.74, 6) is -0.514. The van der Waals surface area contributed by atoms with E-state index in [1.807, 2.05) is 4.90 Å². The molecule has 0 saturated carbocycles. The van der Waals surface area contributed by atoms with E-state index in [1.54, 1.807) is 6.08 Å². The van der Waals surface area contributed by atoms with E-state index < -0.39 is 15.8 Å². The highest BCUT2D eigenvalue weighted by atomic mass is 32.2. The van der Waals surface area contributed by atoms with Gasteiger partial charge in [-0.1, -0.05) is 6.08 Å². The smallest absolute Gasteiger partial charge is 0.330 e. The normalized spacial score (nSPS) is 22.7. The van der Waals surface area contributed by atoms with Crippen LogP contribution in [0.25, 0.3) is 0 Å². The molecule has 0 aromatic rings. The molecule has 0 aromatic heterocycles. The Morgan fingerprint density at radius 3 is 2.69 bits per heavy atom. The van der Waals surface area contributed by atoms with Crippen LogP contribution < -0.4 is 0 Å². The van der Waals surface area contributed by atoms with Crippen molar-refractivity contribution in [3.8, 4) is 0 Å². The highest BCUT2D eigenvalue weighted by Crippen LogP contribution is 2.05. The second-order valence-corrected chi connectivity index (χ2v) is 6.30. The molecule has 0 aromatic carbocycles. The number of nitrogens with zero attached hydrogens (tertiary/aromatic N) is 1. The van der Waals surface area contributed by atoms with E-state index >= 15 is 0 Å². The maximum Gasteiger partial charge on any atom is 0.330 e. The third-order valence-electron chi connectivity index (χ3n) is 2.64. The Kier molecular flexibility index (Phi) is 4.49. The third kappa shape index (κ3) is 4.32. The standard InChI is InChI=1S/C10H17NO4S/c1-9(10(12)13)3-5-11-4-2-7-16(14,15)8-6-11/h3H,2,4-8H2,1H3,(H,12,13). The van der Waals surface area contributed by atoms with Gasteiger partial charge in [0.25, 0.3) is 0 Å². The van der Waals surface area contributed by atoms with Crippen LogP contribution in [0.2, 0.25) is 0 Å². The zero-order valence-electron chi connectivity index (χ0n) is 9.35. The molecular formula is C10H17NO4S. The molecule has 0 unspecified atom stereocenters. The summed E-state index contributed by atoms with van der Waals surface area (Å²) in [6.45, 7) is 3.25. The van der Waals surface area contributed by atoms with E-state index in [0.717, 1.165) is 0 Å². The fourth-order valence-corrected chi connectivity index (χ4v) is 2.84. The van der Waals surface area contributed by atoms with Crippen molar-refractivity contribution in [2.75, 3.05) is 31.1 Å².